The molecule has 24 heteroatoms. The number of benzene rings is 4. The highest BCUT2D eigenvalue weighted by atomic mass is 35.5. The Kier molecular flexibility index (Phi) is 19.8. The Morgan fingerprint density at radius 2 is 1.19 bits per heavy atom. The number of hydrogen-bond acceptors (Lipinski definition) is 11. The third-order valence-electron chi connectivity index (χ3n) is 12.9. The Balaban J connectivity index is 0.000000274. The highest BCUT2D eigenvalue weighted by Gasteiger charge is 2.44. The van der Waals surface area contributed by atoms with E-state index in [-0.39, 0.29) is 120 Å². The molecule has 6 rings (SSSR count). The number of anilines is 2. The average molecular weight is 1060 g/mol. The molecule has 0 aliphatic carbocycles. The third-order valence-corrected chi connectivity index (χ3v) is 13.3. The fraction of sp³-hybridized carbons (Fsp3) is 0.380. The summed E-state index contributed by atoms with van der Waals surface area (Å²) in [5.74, 6) is -0.847. The molecular formula is C50H54ClF6N9O8. The number of nitrogens with two attached hydrogens (primary N) is 2. The lowest BCUT2D eigenvalue weighted by Gasteiger charge is -2.46. The van der Waals surface area contributed by atoms with Crippen LogP contribution in [0.15, 0.2) is 91.0 Å². The van der Waals surface area contributed by atoms with Crippen LogP contribution in [0.25, 0.3) is 0 Å². The van der Waals surface area contributed by atoms with Gasteiger partial charge in [0.1, 0.15) is 13.2 Å². The number of carbonyl (C=O) groups is 6. The fourth-order valence-corrected chi connectivity index (χ4v) is 8.43. The van der Waals surface area contributed by atoms with Crippen LogP contribution in [0.2, 0.25) is 5.02 Å². The number of carbonyl (C=O) groups excluding carboxylic acids is 6. The Labute approximate surface area is 427 Å². The van der Waals surface area contributed by atoms with Gasteiger partial charge < -0.3 is 41.0 Å². The van der Waals surface area contributed by atoms with Gasteiger partial charge in [-0.1, -0.05) is 41.9 Å². The molecule has 0 spiro atoms. The van der Waals surface area contributed by atoms with Crippen molar-refractivity contribution in [1.29, 1.82) is 5.26 Å². The minimum atomic E-state index is -4.51. The van der Waals surface area contributed by atoms with Gasteiger partial charge in [-0.3, -0.25) is 29.8 Å². The summed E-state index contributed by atoms with van der Waals surface area (Å²) in [6.45, 7) is 2.32. The highest BCUT2D eigenvalue weighted by molar-refractivity contribution is 6.31. The number of piperidine rings is 2. The van der Waals surface area contributed by atoms with Crippen molar-refractivity contribution in [2.45, 2.75) is 63.6 Å². The maximum Gasteiger partial charge on any atom is 0.416 e. The number of nitrogens with zero attached hydrogens (tertiary/aromatic N) is 4. The summed E-state index contributed by atoms with van der Waals surface area (Å²) in [4.78, 5) is 79.1. The molecule has 2 heterocycles. The van der Waals surface area contributed by atoms with Crippen molar-refractivity contribution in [1.82, 2.24) is 20.0 Å². The van der Waals surface area contributed by atoms with Crippen LogP contribution in [0.1, 0.15) is 59.1 Å². The van der Waals surface area contributed by atoms with E-state index in [4.69, 9.17) is 32.5 Å². The molecule has 4 aromatic rings. The molecule has 17 nitrogen and oxygen atoms in total. The number of rotatable bonds is 15. The average Bonchev–Trinajstić information content (AvgIpc) is 3.39. The molecule has 0 atom stereocenters. The van der Waals surface area contributed by atoms with Crippen molar-refractivity contribution < 1.29 is 64.6 Å². The number of hydrogen-bond donors (Lipinski definition) is 5. The van der Waals surface area contributed by atoms with E-state index < -0.39 is 46.6 Å². The van der Waals surface area contributed by atoms with Crippen molar-refractivity contribution in [2.24, 2.45) is 16.9 Å². The van der Waals surface area contributed by atoms with Crippen LogP contribution in [0, 0.1) is 23.7 Å². The summed E-state index contributed by atoms with van der Waals surface area (Å²) in [5.41, 5.74) is 9.96. The standard InChI is InChI=1S/C25H28ClF3N4O4.C25H26F3N5O4/c1-16-17(3-2-4-20(16)26)14-31-22(35)24(9-11-33(12-10-24)21(34)13-30)15-37-23(36)32-19-7-5-18(6-8-19)25(27,28)29;26-25(27,28)20-5-7-21(8-6-20)31-23(36)37-16-24(9-11-32(12-10-24)22(35)14-30)33(17-34)15-19-4-2-1-3-18(19)13-29/h2-8H,9-15,30H2,1H3,(H,31,35)(H,32,36);1-8,17H,9-12,14-16,30H2,(H,31,36). The lowest BCUT2D eigenvalue weighted by Crippen LogP contribution is -2.59. The van der Waals surface area contributed by atoms with E-state index in [0.29, 0.717) is 22.6 Å². The van der Waals surface area contributed by atoms with Gasteiger partial charge in [0.2, 0.25) is 24.1 Å². The first-order valence-corrected chi connectivity index (χ1v) is 23.3. The summed E-state index contributed by atoms with van der Waals surface area (Å²) in [7, 11) is 0. The van der Waals surface area contributed by atoms with Crippen molar-refractivity contribution in [3.63, 3.8) is 0 Å². The number of ether oxygens (including phenoxy) is 2. The van der Waals surface area contributed by atoms with Gasteiger partial charge in [-0.05, 0) is 110 Å². The Hall–Kier alpha value is -7.42. The van der Waals surface area contributed by atoms with Crippen LogP contribution in [0.5, 0.6) is 0 Å². The van der Waals surface area contributed by atoms with Crippen LogP contribution >= 0.6 is 11.6 Å². The summed E-state index contributed by atoms with van der Waals surface area (Å²) in [6, 6.07) is 22.0. The first kappa shape index (κ1) is 57.5. The van der Waals surface area contributed by atoms with Crippen LogP contribution in [0.4, 0.5) is 47.3 Å². The predicted molar refractivity (Wildman–Crippen MR) is 259 cm³/mol. The van der Waals surface area contributed by atoms with Gasteiger partial charge >= 0.3 is 24.5 Å². The molecule has 0 aromatic heterocycles. The first-order chi connectivity index (χ1) is 35.1. The summed E-state index contributed by atoms with van der Waals surface area (Å²) >= 11 is 6.17. The number of amides is 6. The Bertz CT molecular complexity index is 2650. The molecule has 396 valence electrons. The molecule has 6 amide bonds. The second-order valence-corrected chi connectivity index (χ2v) is 17.8. The minimum Gasteiger partial charge on any atom is -0.448 e. The molecule has 2 aliphatic heterocycles. The maximum absolute atomic E-state index is 13.3. The SMILES string of the molecule is Cc1c(Cl)cccc1CNC(=O)C1(COC(=O)Nc2ccc(C(F)(F)F)cc2)CCN(C(=O)CN)CC1.N#Cc1ccccc1CN(C=O)C1(COC(=O)Nc2ccc(C(F)(F)F)cc2)CCN(C(=O)CN)CC1. The lowest BCUT2D eigenvalue weighted by atomic mass is 9.78. The van der Waals surface area contributed by atoms with E-state index in [1.54, 1.807) is 46.2 Å². The van der Waals surface area contributed by atoms with Gasteiger partial charge in [-0.25, -0.2) is 9.59 Å². The predicted octanol–water partition coefficient (Wildman–Crippen LogP) is 7.20. The van der Waals surface area contributed by atoms with Crippen molar-refractivity contribution in [3.05, 3.63) is 129 Å². The molecule has 0 bridgehead atoms. The lowest BCUT2D eigenvalue weighted by molar-refractivity contribution is -0.142. The number of alkyl halides is 6. The molecule has 4 aromatic carbocycles. The zero-order valence-electron chi connectivity index (χ0n) is 40.0. The number of nitriles is 1. The third kappa shape index (κ3) is 15.3. The zero-order valence-corrected chi connectivity index (χ0v) is 40.7. The van der Waals surface area contributed by atoms with Crippen LogP contribution in [0.3, 0.4) is 0 Å². The largest absolute Gasteiger partial charge is 0.448 e. The van der Waals surface area contributed by atoms with Gasteiger partial charge in [0, 0.05) is 55.7 Å². The van der Waals surface area contributed by atoms with Gasteiger partial charge in [-0.2, -0.15) is 31.6 Å². The van der Waals surface area contributed by atoms with Crippen molar-refractivity contribution in [2.75, 3.05) is 63.1 Å². The van der Waals surface area contributed by atoms with E-state index in [9.17, 15) is 60.4 Å². The van der Waals surface area contributed by atoms with Crippen molar-refractivity contribution in [3.8, 4) is 6.07 Å². The van der Waals surface area contributed by atoms with E-state index in [1.165, 1.54) is 4.90 Å². The number of likely N-dealkylation sites (tertiary alicyclic amines) is 2. The number of nitrogens with one attached hydrogen (secondary N) is 3. The molecule has 7 N–H and O–H groups in total. The van der Waals surface area contributed by atoms with E-state index >= 15 is 0 Å². The van der Waals surface area contributed by atoms with E-state index in [1.807, 2.05) is 13.0 Å². The molecule has 2 aliphatic rings. The molecule has 0 unspecified atom stereocenters. The second kappa shape index (κ2) is 25.5. The Morgan fingerprint density at radius 1 is 0.716 bits per heavy atom. The molecule has 0 radical (unpaired) electrons. The molecule has 2 fully saturated rings. The molecule has 2 saturated heterocycles. The Morgan fingerprint density at radius 3 is 1.66 bits per heavy atom. The molecule has 74 heavy (non-hydrogen) atoms. The van der Waals surface area contributed by atoms with Crippen LogP contribution in [-0.4, -0.2) is 109 Å². The molecule has 0 saturated carbocycles. The molecular weight excluding hydrogens is 1000 g/mol. The van der Waals surface area contributed by atoms with Gasteiger partial charge in [0.25, 0.3) is 0 Å². The van der Waals surface area contributed by atoms with E-state index in [2.05, 4.69) is 22.0 Å². The van der Waals surface area contributed by atoms with Gasteiger partial charge in [0.15, 0.2) is 0 Å². The monoisotopic (exact) mass is 1060 g/mol. The zero-order chi connectivity index (χ0) is 54.3. The first-order valence-electron chi connectivity index (χ1n) is 23.0. The minimum absolute atomic E-state index is 0.0714. The number of halogens is 7. The smallest absolute Gasteiger partial charge is 0.416 e. The topological polar surface area (TPSA) is 243 Å². The fourth-order valence-electron chi connectivity index (χ4n) is 8.24. The summed E-state index contributed by atoms with van der Waals surface area (Å²) in [6.07, 6.45) is -9.21. The summed E-state index contributed by atoms with van der Waals surface area (Å²) < 4.78 is 87.3. The van der Waals surface area contributed by atoms with Crippen LogP contribution in [-0.2, 0) is 54.1 Å². The second-order valence-electron chi connectivity index (χ2n) is 17.4. The highest BCUT2D eigenvalue weighted by Crippen LogP contribution is 2.35. The summed E-state index contributed by atoms with van der Waals surface area (Å²) in [5, 5.41) is 17.6. The van der Waals surface area contributed by atoms with Gasteiger partial charge in [0.05, 0.1) is 46.8 Å². The normalized spacial score (nSPS) is 15.0. The van der Waals surface area contributed by atoms with Crippen molar-refractivity contribution >= 4 is 59.3 Å². The quantitative estimate of drug-likeness (QED) is 0.0589. The van der Waals surface area contributed by atoms with E-state index in [0.717, 1.165) is 59.7 Å². The van der Waals surface area contributed by atoms with Gasteiger partial charge in [-0.15, -0.1) is 0 Å². The maximum atomic E-state index is 13.3. The van der Waals surface area contributed by atoms with Crippen LogP contribution < -0.4 is 27.4 Å².